The SMILES string of the molecule is O=C(CN1C(=O)C(=O)N(Cc2cccs2)C1=O)NC(c1ccccc1)c1cccs1. The van der Waals surface area contributed by atoms with E-state index in [4.69, 9.17) is 0 Å². The maximum atomic E-state index is 12.7. The van der Waals surface area contributed by atoms with Gasteiger partial charge < -0.3 is 5.32 Å². The smallest absolute Gasteiger partial charge is 0.335 e. The van der Waals surface area contributed by atoms with Gasteiger partial charge in [0.2, 0.25) is 5.91 Å². The molecule has 1 unspecified atom stereocenters. The summed E-state index contributed by atoms with van der Waals surface area (Å²) in [5.41, 5.74) is 0.878. The van der Waals surface area contributed by atoms with Gasteiger partial charge in [0, 0.05) is 9.75 Å². The Labute approximate surface area is 180 Å². The maximum absolute atomic E-state index is 12.7. The summed E-state index contributed by atoms with van der Waals surface area (Å²) in [7, 11) is 0. The lowest BCUT2D eigenvalue weighted by molar-refractivity contribution is -0.144. The van der Waals surface area contributed by atoms with Crippen molar-refractivity contribution < 1.29 is 19.2 Å². The summed E-state index contributed by atoms with van der Waals surface area (Å²) >= 11 is 2.87. The third kappa shape index (κ3) is 4.03. The molecule has 152 valence electrons. The van der Waals surface area contributed by atoms with Crippen LogP contribution in [-0.2, 0) is 20.9 Å². The Morgan fingerprint density at radius 2 is 1.57 bits per heavy atom. The zero-order chi connectivity index (χ0) is 21.1. The molecular weight excluding hydrogens is 422 g/mol. The number of carbonyl (C=O) groups is 4. The number of imide groups is 2. The molecule has 3 heterocycles. The normalized spacial score (nSPS) is 15.0. The molecule has 1 aromatic carbocycles. The Kier molecular flexibility index (Phi) is 5.73. The van der Waals surface area contributed by atoms with Crippen molar-refractivity contribution >= 4 is 46.4 Å². The van der Waals surface area contributed by atoms with E-state index in [0.29, 0.717) is 4.90 Å². The van der Waals surface area contributed by atoms with E-state index >= 15 is 0 Å². The average Bonchev–Trinajstić information content (AvgIpc) is 3.50. The number of rotatable bonds is 7. The lowest BCUT2D eigenvalue weighted by atomic mass is 10.1. The molecule has 9 heteroatoms. The van der Waals surface area contributed by atoms with E-state index < -0.39 is 36.3 Å². The molecule has 1 fully saturated rings. The first-order chi connectivity index (χ1) is 14.5. The van der Waals surface area contributed by atoms with Crippen LogP contribution in [-0.4, -0.2) is 40.1 Å². The summed E-state index contributed by atoms with van der Waals surface area (Å²) < 4.78 is 0. The molecule has 1 atom stereocenters. The Balaban J connectivity index is 1.48. The molecule has 1 aliphatic rings. The largest absolute Gasteiger partial charge is 0.343 e. The van der Waals surface area contributed by atoms with Crippen molar-refractivity contribution in [2.24, 2.45) is 0 Å². The van der Waals surface area contributed by atoms with Crippen LogP contribution in [0.5, 0.6) is 0 Å². The van der Waals surface area contributed by atoms with E-state index in [0.717, 1.165) is 20.2 Å². The highest BCUT2D eigenvalue weighted by molar-refractivity contribution is 7.10. The van der Waals surface area contributed by atoms with Gasteiger partial charge in [0.15, 0.2) is 0 Å². The molecule has 0 saturated carbocycles. The van der Waals surface area contributed by atoms with Crippen LogP contribution in [0.15, 0.2) is 65.4 Å². The molecule has 1 aliphatic heterocycles. The second-order valence-electron chi connectivity index (χ2n) is 6.57. The van der Waals surface area contributed by atoms with Gasteiger partial charge in [0.25, 0.3) is 0 Å². The summed E-state index contributed by atoms with van der Waals surface area (Å²) in [5.74, 6) is -2.43. The van der Waals surface area contributed by atoms with E-state index in [1.54, 1.807) is 12.1 Å². The van der Waals surface area contributed by atoms with Gasteiger partial charge in [-0.2, -0.15) is 0 Å². The molecule has 4 rings (SSSR count). The lowest BCUT2D eigenvalue weighted by Crippen LogP contribution is -2.42. The predicted octanol–water partition coefficient (Wildman–Crippen LogP) is 3.01. The van der Waals surface area contributed by atoms with E-state index in [1.165, 1.54) is 22.7 Å². The minimum atomic E-state index is -0.987. The third-order valence-electron chi connectivity index (χ3n) is 4.60. The number of amides is 5. The zero-order valence-corrected chi connectivity index (χ0v) is 17.3. The summed E-state index contributed by atoms with van der Waals surface area (Å²) in [6, 6.07) is 15.6. The highest BCUT2D eigenvalue weighted by Crippen LogP contribution is 2.26. The number of nitrogens with one attached hydrogen (secondary N) is 1. The van der Waals surface area contributed by atoms with E-state index in [2.05, 4.69) is 5.32 Å². The fraction of sp³-hybridized carbons (Fsp3) is 0.143. The van der Waals surface area contributed by atoms with Crippen molar-refractivity contribution in [3.8, 4) is 0 Å². The Morgan fingerprint density at radius 3 is 2.23 bits per heavy atom. The van der Waals surface area contributed by atoms with Crippen LogP contribution in [0, 0.1) is 0 Å². The number of hydrogen-bond donors (Lipinski definition) is 1. The van der Waals surface area contributed by atoms with Crippen LogP contribution in [0.25, 0.3) is 0 Å². The maximum Gasteiger partial charge on any atom is 0.335 e. The molecule has 3 aromatic rings. The summed E-state index contributed by atoms with van der Waals surface area (Å²) in [6.07, 6.45) is 0. The third-order valence-corrected chi connectivity index (χ3v) is 6.40. The fourth-order valence-corrected chi connectivity index (χ4v) is 4.65. The fourth-order valence-electron chi connectivity index (χ4n) is 3.16. The van der Waals surface area contributed by atoms with E-state index in [1.807, 2.05) is 53.2 Å². The van der Waals surface area contributed by atoms with Gasteiger partial charge in [-0.1, -0.05) is 42.5 Å². The second kappa shape index (κ2) is 8.60. The molecule has 1 N–H and O–H groups in total. The number of carbonyl (C=O) groups excluding carboxylic acids is 4. The van der Waals surface area contributed by atoms with Gasteiger partial charge in [-0.05, 0) is 28.5 Å². The molecule has 1 saturated heterocycles. The highest BCUT2D eigenvalue weighted by Gasteiger charge is 2.45. The Bertz CT molecular complexity index is 1070. The van der Waals surface area contributed by atoms with Crippen LogP contribution in [0.2, 0.25) is 0 Å². The summed E-state index contributed by atoms with van der Waals surface area (Å²) in [5, 5.41) is 6.61. The topological polar surface area (TPSA) is 86.8 Å². The van der Waals surface area contributed by atoms with Gasteiger partial charge in [-0.3, -0.25) is 19.3 Å². The van der Waals surface area contributed by atoms with Crippen LogP contribution in [0.4, 0.5) is 4.79 Å². The van der Waals surface area contributed by atoms with Crippen molar-refractivity contribution in [2.45, 2.75) is 12.6 Å². The first-order valence-electron chi connectivity index (χ1n) is 9.12. The number of hydrogen-bond acceptors (Lipinski definition) is 6. The van der Waals surface area contributed by atoms with Crippen molar-refractivity contribution in [3.63, 3.8) is 0 Å². The summed E-state index contributed by atoms with van der Waals surface area (Å²) in [4.78, 5) is 53.2. The quantitative estimate of drug-likeness (QED) is 0.453. The first kappa shape index (κ1) is 20.0. The molecule has 30 heavy (non-hydrogen) atoms. The Morgan fingerprint density at radius 1 is 0.867 bits per heavy atom. The number of thiophene rings is 2. The molecule has 7 nitrogen and oxygen atoms in total. The van der Waals surface area contributed by atoms with Gasteiger partial charge in [-0.25, -0.2) is 9.69 Å². The molecule has 5 amide bonds. The summed E-state index contributed by atoms with van der Waals surface area (Å²) in [6.45, 7) is -0.500. The van der Waals surface area contributed by atoms with Crippen LogP contribution in [0.3, 0.4) is 0 Å². The van der Waals surface area contributed by atoms with Crippen LogP contribution >= 0.6 is 22.7 Å². The number of urea groups is 1. The molecule has 0 aliphatic carbocycles. The molecular formula is C21H17N3O4S2. The van der Waals surface area contributed by atoms with E-state index in [-0.39, 0.29) is 6.54 Å². The molecule has 0 radical (unpaired) electrons. The predicted molar refractivity (Wildman–Crippen MR) is 113 cm³/mol. The van der Waals surface area contributed by atoms with Gasteiger partial charge in [-0.15, -0.1) is 22.7 Å². The monoisotopic (exact) mass is 439 g/mol. The van der Waals surface area contributed by atoms with Gasteiger partial charge >= 0.3 is 17.8 Å². The molecule has 0 spiro atoms. The van der Waals surface area contributed by atoms with Crippen molar-refractivity contribution in [1.82, 2.24) is 15.1 Å². The minimum Gasteiger partial charge on any atom is -0.343 e. The standard InChI is InChI=1S/C21H17N3O4S2/c25-17(22-18(16-9-5-11-30-16)14-6-2-1-3-7-14)13-24-20(27)19(26)23(21(24)28)12-15-8-4-10-29-15/h1-11,18H,12-13H2,(H,22,25). The number of nitrogens with zero attached hydrogens (tertiary/aromatic N) is 2. The first-order valence-corrected chi connectivity index (χ1v) is 10.9. The van der Waals surface area contributed by atoms with Crippen molar-refractivity contribution in [1.29, 1.82) is 0 Å². The van der Waals surface area contributed by atoms with Crippen molar-refractivity contribution in [2.75, 3.05) is 6.54 Å². The van der Waals surface area contributed by atoms with Crippen LogP contribution < -0.4 is 5.32 Å². The molecule has 0 bridgehead atoms. The lowest BCUT2D eigenvalue weighted by Gasteiger charge is -2.20. The van der Waals surface area contributed by atoms with Gasteiger partial charge in [0.05, 0.1) is 12.6 Å². The number of benzene rings is 1. The molecule has 2 aromatic heterocycles. The average molecular weight is 440 g/mol. The zero-order valence-electron chi connectivity index (χ0n) is 15.7. The van der Waals surface area contributed by atoms with Crippen molar-refractivity contribution in [3.05, 3.63) is 80.7 Å². The minimum absolute atomic E-state index is 0.0149. The van der Waals surface area contributed by atoms with Gasteiger partial charge in [0.1, 0.15) is 6.54 Å². The Hall–Kier alpha value is -3.30. The van der Waals surface area contributed by atoms with Crippen LogP contribution in [0.1, 0.15) is 21.4 Å². The van der Waals surface area contributed by atoms with E-state index in [9.17, 15) is 19.2 Å². The second-order valence-corrected chi connectivity index (χ2v) is 8.58. The highest BCUT2D eigenvalue weighted by atomic mass is 32.1.